The summed E-state index contributed by atoms with van der Waals surface area (Å²) in [5.41, 5.74) is 0.219. The third-order valence-corrected chi connectivity index (χ3v) is 5.51. The topological polar surface area (TPSA) is 58.2 Å². The van der Waals surface area contributed by atoms with Crippen LogP contribution in [0.25, 0.3) is 0 Å². The van der Waals surface area contributed by atoms with E-state index in [0.29, 0.717) is 12.1 Å². The Hall–Kier alpha value is -0.690. The third kappa shape index (κ3) is 4.16. The molecule has 118 valence electrons. The van der Waals surface area contributed by atoms with Crippen molar-refractivity contribution in [1.82, 2.24) is 10.0 Å². The van der Waals surface area contributed by atoms with E-state index in [4.69, 9.17) is 0 Å². The van der Waals surface area contributed by atoms with Gasteiger partial charge in [-0.1, -0.05) is 18.2 Å². The number of rotatable bonds is 4. The lowest BCUT2D eigenvalue weighted by Crippen LogP contribution is -2.48. The van der Waals surface area contributed by atoms with E-state index in [0.717, 1.165) is 25.7 Å². The van der Waals surface area contributed by atoms with E-state index in [1.807, 2.05) is 0 Å². The van der Waals surface area contributed by atoms with E-state index in [1.165, 1.54) is 12.1 Å². The zero-order valence-corrected chi connectivity index (χ0v) is 13.2. The summed E-state index contributed by atoms with van der Waals surface area (Å²) in [5, 5.41) is 3.47. The molecule has 3 rings (SSSR count). The molecule has 0 spiro atoms. The maximum Gasteiger partial charge on any atom is 0.216 e. The number of sulfonamides is 1. The Kier molecular flexibility index (Phi) is 5.24. The minimum absolute atomic E-state index is 0. The van der Waals surface area contributed by atoms with Gasteiger partial charge in [0, 0.05) is 23.7 Å². The molecule has 0 radical (unpaired) electrons. The molecular weight excluding hydrogens is 315 g/mol. The lowest BCUT2D eigenvalue weighted by Gasteiger charge is -2.29. The molecule has 0 aromatic heterocycles. The van der Waals surface area contributed by atoms with E-state index in [9.17, 15) is 12.8 Å². The molecule has 7 heteroatoms. The molecule has 21 heavy (non-hydrogen) atoms. The largest absolute Gasteiger partial charge is 0.311 e. The second-order valence-electron chi connectivity index (χ2n) is 5.77. The second-order valence-corrected chi connectivity index (χ2v) is 7.53. The number of hydrogen-bond donors (Lipinski definition) is 2. The van der Waals surface area contributed by atoms with E-state index in [1.54, 1.807) is 12.1 Å². The van der Waals surface area contributed by atoms with Gasteiger partial charge in [0.25, 0.3) is 0 Å². The highest BCUT2D eigenvalue weighted by atomic mass is 35.5. The molecule has 0 amide bonds. The highest BCUT2D eigenvalue weighted by Crippen LogP contribution is 2.27. The fraction of sp³-hybridized carbons (Fsp3) is 0.571. The molecule has 2 heterocycles. The normalized spacial score (nSPS) is 28.1. The highest BCUT2D eigenvalue weighted by Gasteiger charge is 2.35. The number of piperidine rings is 1. The van der Waals surface area contributed by atoms with Gasteiger partial charge in [0.2, 0.25) is 10.0 Å². The Morgan fingerprint density at radius 3 is 2.43 bits per heavy atom. The van der Waals surface area contributed by atoms with Crippen molar-refractivity contribution in [2.75, 3.05) is 0 Å². The molecule has 0 saturated carbocycles. The first-order chi connectivity index (χ1) is 9.52. The van der Waals surface area contributed by atoms with E-state index < -0.39 is 15.8 Å². The molecule has 2 fully saturated rings. The molecule has 2 atom stereocenters. The first-order valence-electron chi connectivity index (χ1n) is 7.01. The lowest BCUT2D eigenvalue weighted by atomic mass is 10.0. The average molecular weight is 335 g/mol. The van der Waals surface area contributed by atoms with Crippen LogP contribution in [0.4, 0.5) is 4.39 Å². The number of nitrogens with one attached hydrogen (secondary N) is 2. The van der Waals surface area contributed by atoms with Crippen LogP contribution in [0, 0.1) is 5.82 Å². The summed E-state index contributed by atoms with van der Waals surface area (Å²) < 4.78 is 40.6. The van der Waals surface area contributed by atoms with Crippen LogP contribution in [0.2, 0.25) is 0 Å². The second kappa shape index (κ2) is 6.60. The van der Waals surface area contributed by atoms with Crippen molar-refractivity contribution in [2.45, 2.75) is 49.6 Å². The predicted molar refractivity (Wildman–Crippen MR) is 82.4 cm³/mol. The van der Waals surface area contributed by atoms with Crippen LogP contribution in [0.3, 0.4) is 0 Å². The summed E-state index contributed by atoms with van der Waals surface area (Å²) in [4.78, 5) is 0. The number of hydrogen-bond acceptors (Lipinski definition) is 3. The van der Waals surface area contributed by atoms with Crippen molar-refractivity contribution in [2.24, 2.45) is 0 Å². The van der Waals surface area contributed by atoms with Crippen molar-refractivity contribution >= 4 is 22.4 Å². The Labute approximate surface area is 131 Å². The Morgan fingerprint density at radius 2 is 1.81 bits per heavy atom. The standard InChI is InChI=1S/C14H19FN2O2S.ClH/c15-14-4-2-1-3-10(14)9-20(18,19)17-13-7-11-5-6-12(8-13)16-11;/h1-4,11-13,16-17H,5-9H2;1H. The van der Waals surface area contributed by atoms with Gasteiger partial charge >= 0.3 is 0 Å². The van der Waals surface area contributed by atoms with Crippen LogP contribution in [-0.2, 0) is 15.8 Å². The molecule has 2 bridgehead atoms. The van der Waals surface area contributed by atoms with Gasteiger partial charge in [0.05, 0.1) is 5.75 Å². The van der Waals surface area contributed by atoms with Gasteiger partial charge in [0.1, 0.15) is 5.82 Å². The van der Waals surface area contributed by atoms with Crippen LogP contribution < -0.4 is 10.0 Å². The molecule has 0 aliphatic carbocycles. The Morgan fingerprint density at radius 1 is 1.19 bits per heavy atom. The molecule has 2 unspecified atom stereocenters. The minimum Gasteiger partial charge on any atom is -0.311 e. The smallest absolute Gasteiger partial charge is 0.216 e. The molecule has 1 aromatic carbocycles. The van der Waals surface area contributed by atoms with Gasteiger partial charge in [-0.2, -0.15) is 0 Å². The molecule has 2 saturated heterocycles. The Balaban J connectivity index is 0.00000161. The molecule has 4 nitrogen and oxygen atoms in total. The summed E-state index contributed by atoms with van der Waals surface area (Å²) in [6.45, 7) is 0. The van der Waals surface area contributed by atoms with Crippen molar-refractivity contribution in [1.29, 1.82) is 0 Å². The SMILES string of the molecule is Cl.O=S(=O)(Cc1ccccc1F)NC1CC2CCC(C1)N2. The molecule has 1 aromatic rings. The number of halogens is 2. The first-order valence-corrected chi connectivity index (χ1v) is 8.66. The minimum atomic E-state index is -3.49. The lowest BCUT2D eigenvalue weighted by molar-refractivity contribution is 0.345. The fourth-order valence-electron chi connectivity index (χ4n) is 3.27. The van der Waals surface area contributed by atoms with Crippen molar-refractivity contribution in [3.63, 3.8) is 0 Å². The monoisotopic (exact) mass is 334 g/mol. The van der Waals surface area contributed by atoms with Crippen molar-refractivity contribution < 1.29 is 12.8 Å². The van der Waals surface area contributed by atoms with Gasteiger partial charge in [-0.25, -0.2) is 17.5 Å². The predicted octanol–water partition coefficient (Wildman–Crippen LogP) is 1.95. The molecule has 2 aliphatic rings. The van der Waals surface area contributed by atoms with Gasteiger partial charge < -0.3 is 5.32 Å². The third-order valence-electron chi connectivity index (χ3n) is 4.12. The van der Waals surface area contributed by atoms with E-state index in [-0.39, 0.29) is 29.8 Å². The zero-order valence-electron chi connectivity index (χ0n) is 11.6. The number of benzene rings is 1. The molecule has 2 aliphatic heterocycles. The van der Waals surface area contributed by atoms with Crippen LogP contribution in [-0.4, -0.2) is 26.5 Å². The average Bonchev–Trinajstić information content (AvgIpc) is 2.71. The summed E-state index contributed by atoms with van der Waals surface area (Å²) >= 11 is 0. The van der Waals surface area contributed by atoms with E-state index >= 15 is 0 Å². The van der Waals surface area contributed by atoms with Crippen LogP contribution in [0.15, 0.2) is 24.3 Å². The van der Waals surface area contributed by atoms with Crippen molar-refractivity contribution in [3.8, 4) is 0 Å². The maximum atomic E-state index is 13.5. The van der Waals surface area contributed by atoms with Gasteiger partial charge in [-0.15, -0.1) is 12.4 Å². The first kappa shape index (κ1) is 16.7. The van der Waals surface area contributed by atoms with Gasteiger partial charge in [-0.3, -0.25) is 0 Å². The zero-order chi connectivity index (χ0) is 14.2. The van der Waals surface area contributed by atoms with E-state index in [2.05, 4.69) is 10.0 Å². The van der Waals surface area contributed by atoms with Crippen molar-refractivity contribution in [3.05, 3.63) is 35.6 Å². The fourth-order valence-corrected chi connectivity index (χ4v) is 4.70. The summed E-state index contributed by atoms with van der Waals surface area (Å²) in [7, 11) is -3.49. The maximum absolute atomic E-state index is 13.5. The quantitative estimate of drug-likeness (QED) is 0.885. The summed E-state index contributed by atoms with van der Waals surface area (Å²) in [6.07, 6.45) is 3.90. The molecular formula is C14H20ClFN2O2S. The molecule has 2 N–H and O–H groups in total. The number of fused-ring (bicyclic) bond motifs is 2. The van der Waals surface area contributed by atoms with Crippen LogP contribution in [0.5, 0.6) is 0 Å². The highest BCUT2D eigenvalue weighted by molar-refractivity contribution is 7.88. The van der Waals surface area contributed by atoms with Crippen LogP contribution >= 0.6 is 12.4 Å². The summed E-state index contributed by atoms with van der Waals surface area (Å²) in [6, 6.07) is 6.84. The van der Waals surface area contributed by atoms with Gasteiger partial charge in [0.15, 0.2) is 0 Å². The van der Waals surface area contributed by atoms with Gasteiger partial charge in [-0.05, 0) is 31.7 Å². The summed E-state index contributed by atoms with van der Waals surface area (Å²) in [5.74, 6) is -0.762. The van der Waals surface area contributed by atoms with Crippen LogP contribution in [0.1, 0.15) is 31.2 Å². The Bertz CT molecular complexity index is 584.